The largest absolute Gasteiger partial charge is 0.481 e. The van der Waals surface area contributed by atoms with Gasteiger partial charge in [0.05, 0.1) is 18.7 Å². The van der Waals surface area contributed by atoms with E-state index < -0.39 is 24.0 Å². The van der Waals surface area contributed by atoms with Crippen LogP contribution in [-0.2, 0) is 16.0 Å². The average Bonchev–Trinajstić information content (AvgIpc) is 2.44. The summed E-state index contributed by atoms with van der Waals surface area (Å²) < 4.78 is 0. The molecule has 0 saturated heterocycles. The van der Waals surface area contributed by atoms with E-state index in [2.05, 4.69) is 5.32 Å². The molecule has 0 bridgehead atoms. The van der Waals surface area contributed by atoms with Crippen molar-refractivity contribution in [3.63, 3.8) is 0 Å². The second kappa shape index (κ2) is 8.29. The van der Waals surface area contributed by atoms with Gasteiger partial charge in [0.15, 0.2) is 0 Å². The number of carbonyl (C=O) groups is 2. The zero-order valence-corrected chi connectivity index (χ0v) is 11.2. The van der Waals surface area contributed by atoms with Crippen molar-refractivity contribution in [1.29, 1.82) is 0 Å². The zero-order valence-electron chi connectivity index (χ0n) is 11.2. The number of nitrogens with one attached hydrogen (secondary N) is 1. The Labute approximate surface area is 117 Å². The Balaban J connectivity index is 2.47. The molecule has 1 unspecified atom stereocenters. The number of hydrogen-bond donors (Lipinski definition) is 4. The van der Waals surface area contributed by atoms with Crippen molar-refractivity contribution in [3.8, 4) is 0 Å². The minimum atomic E-state index is -0.990. The number of amides is 1. The third kappa shape index (κ3) is 5.81. The van der Waals surface area contributed by atoms with Gasteiger partial charge in [0.1, 0.15) is 0 Å². The summed E-state index contributed by atoms with van der Waals surface area (Å²) in [7, 11) is 0. The molecule has 0 aliphatic carbocycles. The Morgan fingerprint density at radius 3 is 2.45 bits per heavy atom. The van der Waals surface area contributed by atoms with Gasteiger partial charge in [0.2, 0.25) is 5.91 Å². The molecule has 2 atom stereocenters. The fraction of sp³-hybridized carbons (Fsp3) is 0.429. The number of carbonyl (C=O) groups excluding carboxylic acids is 1. The topological polar surface area (TPSA) is 113 Å². The number of rotatable bonds is 8. The monoisotopic (exact) mass is 280 g/mol. The van der Waals surface area contributed by atoms with E-state index >= 15 is 0 Å². The van der Waals surface area contributed by atoms with E-state index in [1.165, 1.54) is 0 Å². The third-order valence-electron chi connectivity index (χ3n) is 2.90. The summed E-state index contributed by atoms with van der Waals surface area (Å²) in [4.78, 5) is 22.2. The summed E-state index contributed by atoms with van der Waals surface area (Å²) in [6.07, 6.45) is 0.413. The van der Waals surface area contributed by atoms with Crippen LogP contribution in [0.5, 0.6) is 0 Å². The molecule has 6 nitrogen and oxygen atoms in total. The lowest BCUT2D eigenvalue weighted by molar-refractivity contribution is -0.137. The molecule has 1 aromatic rings. The molecule has 0 fully saturated rings. The molecular weight excluding hydrogens is 260 g/mol. The first-order valence-electron chi connectivity index (χ1n) is 6.45. The summed E-state index contributed by atoms with van der Waals surface area (Å²) in [5.41, 5.74) is 6.60. The highest BCUT2D eigenvalue weighted by Crippen LogP contribution is 2.04. The zero-order chi connectivity index (χ0) is 15.0. The van der Waals surface area contributed by atoms with E-state index in [1.807, 2.05) is 30.3 Å². The van der Waals surface area contributed by atoms with Crippen LogP contribution in [0.4, 0.5) is 0 Å². The molecular formula is C14H20N2O4. The predicted molar refractivity (Wildman–Crippen MR) is 74.0 cm³/mol. The molecule has 0 spiro atoms. The van der Waals surface area contributed by atoms with Gasteiger partial charge in [-0.15, -0.1) is 0 Å². The summed E-state index contributed by atoms with van der Waals surface area (Å²) >= 11 is 0. The molecule has 6 heteroatoms. The van der Waals surface area contributed by atoms with Gasteiger partial charge >= 0.3 is 5.97 Å². The van der Waals surface area contributed by atoms with E-state index in [0.717, 1.165) is 5.56 Å². The van der Waals surface area contributed by atoms with Gasteiger partial charge in [0, 0.05) is 6.42 Å². The Kier molecular flexibility index (Phi) is 6.69. The van der Waals surface area contributed by atoms with Crippen LogP contribution in [0.2, 0.25) is 0 Å². The average molecular weight is 280 g/mol. The normalized spacial score (nSPS) is 13.5. The fourth-order valence-corrected chi connectivity index (χ4v) is 1.78. The molecule has 1 aromatic carbocycles. The van der Waals surface area contributed by atoms with Gasteiger partial charge in [0.25, 0.3) is 0 Å². The number of aliphatic hydroxyl groups excluding tert-OH is 1. The van der Waals surface area contributed by atoms with Crippen molar-refractivity contribution in [2.45, 2.75) is 31.3 Å². The van der Waals surface area contributed by atoms with Crippen LogP contribution < -0.4 is 11.1 Å². The van der Waals surface area contributed by atoms with Crippen molar-refractivity contribution < 1.29 is 19.8 Å². The standard InChI is InChI=1S/C14H20N2O4/c15-12(6-7-13(18)19)14(20)16-11(9-17)8-10-4-2-1-3-5-10/h1-5,11-12,17H,6-9,15H2,(H,16,20)(H,18,19)/t11-,12?/m0/s1. The maximum Gasteiger partial charge on any atom is 0.303 e. The van der Waals surface area contributed by atoms with E-state index in [9.17, 15) is 14.7 Å². The Morgan fingerprint density at radius 1 is 1.25 bits per heavy atom. The van der Waals surface area contributed by atoms with Crippen LogP contribution in [0.15, 0.2) is 30.3 Å². The molecule has 0 radical (unpaired) electrons. The van der Waals surface area contributed by atoms with Crippen molar-refractivity contribution in [3.05, 3.63) is 35.9 Å². The molecule has 0 saturated carbocycles. The molecule has 0 aliphatic heterocycles. The van der Waals surface area contributed by atoms with Gasteiger partial charge < -0.3 is 21.3 Å². The third-order valence-corrected chi connectivity index (χ3v) is 2.90. The number of nitrogens with two attached hydrogens (primary N) is 1. The van der Waals surface area contributed by atoms with Crippen LogP contribution in [0.3, 0.4) is 0 Å². The second-order valence-electron chi connectivity index (χ2n) is 4.62. The van der Waals surface area contributed by atoms with Gasteiger partial charge in [-0.05, 0) is 18.4 Å². The highest BCUT2D eigenvalue weighted by molar-refractivity contribution is 5.82. The van der Waals surface area contributed by atoms with Crippen molar-refractivity contribution in [2.75, 3.05) is 6.61 Å². The van der Waals surface area contributed by atoms with Crippen molar-refractivity contribution in [1.82, 2.24) is 5.32 Å². The molecule has 5 N–H and O–H groups in total. The summed E-state index contributed by atoms with van der Waals surface area (Å²) in [5, 5.41) is 20.5. The number of aliphatic carboxylic acids is 1. The van der Waals surface area contributed by atoms with Crippen LogP contribution in [0.1, 0.15) is 18.4 Å². The first kappa shape index (κ1) is 16.1. The predicted octanol–water partition coefficient (Wildman–Crippen LogP) is -0.102. The van der Waals surface area contributed by atoms with E-state index in [0.29, 0.717) is 6.42 Å². The lowest BCUT2D eigenvalue weighted by Gasteiger charge is -2.19. The molecule has 110 valence electrons. The summed E-state index contributed by atoms with van der Waals surface area (Å²) in [5.74, 6) is -1.43. The Morgan fingerprint density at radius 2 is 1.90 bits per heavy atom. The van der Waals surface area contributed by atoms with Gasteiger partial charge in [-0.1, -0.05) is 30.3 Å². The number of aliphatic hydroxyl groups is 1. The minimum absolute atomic E-state index is 0.0741. The van der Waals surface area contributed by atoms with E-state index in [-0.39, 0.29) is 19.4 Å². The number of benzene rings is 1. The van der Waals surface area contributed by atoms with Crippen LogP contribution in [-0.4, -0.2) is 40.8 Å². The van der Waals surface area contributed by atoms with E-state index in [4.69, 9.17) is 10.8 Å². The quantitative estimate of drug-likeness (QED) is 0.531. The highest BCUT2D eigenvalue weighted by atomic mass is 16.4. The first-order chi connectivity index (χ1) is 9.52. The summed E-state index contributed by atoms with van der Waals surface area (Å²) in [6.45, 7) is -0.202. The highest BCUT2D eigenvalue weighted by Gasteiger charge is 2.18. The lowest BCUT2D eigenvalue weighted by Crippen LogP contribution is -2.47. The number of carboxylic acids is 1. The molecule has 0 heterocycles. The maximum absolute atomic E-state index is 11.8. The maximum atomic E-state index is 11.8. The van der Waals surface area contributed by atoms with Crippen LogP contribution in [0.25, 0.3) is 0 Å². The molecule has 0 aromatic heterocycles. The SMILES string of the molecule is NC(CCC(=O)O)C(=O)N[C@H](CO)Cc1ccccc1. The molecule has 1 rings (SSSR count). The molecule has 0 aliphatic rings. The van der Waals surface area contributed by atoms with Gasteiger partial charge in [-0.3, -0.25) is 9.59 Å². The van der Waals surface area contributed by atoms with Crippen LogP contribution in [0, 0.1) is 0 Å². The van der Waals surface area contributed by atoms with Crippen molar-refractivity contribution in [2.24, 2.45) is 5.73 Å². The van der Waals surface area contributed by atoms with Gasteiger partial charge in [-0.25, -0.2) is 0 Å². The minimum Gasteiger partial charge on any atom is -0.481 e. The van der Waals surface area contributed by atoms with Gasteiger partial charge in [-0.2, -0.15) is 0 Å². The smallest absolute Gasteiger partial charge is 0.303 e. The number of hydrogen-bond acceptors (Lipinski definition) is 4. The lowest BCUT2D eigenvalue weighted by atomic mass is 10.1. The van der Waals surface area contributed by atoms with E-state index in [1.54, 1.807) is 0 Å². The number of carboxylic acid groups (broad SMARTS) is 1. The Hall–Kier alpha value is -1.92. The Bertz CT molecular complexity index is 436. The summed E-state index contributed by atoms with van der Waals surface area (Å²) in [6, 6.07) is 8.14. The van der Waals surface area contributed by atoms with Crippen molar-refractivity contribution >= 4 is 11.9 Å². The first-order valence-corrected chi connectivity index (χ1v) is 6.45. The second-order valence-corrected chi connectivity index (χ2v) is 4.62. The molecule has 20 heavy (non-hydrogen) atoms. The fourth-order valence-electron chi connectivity index (χ4n) is 1.78. The molecule has 1 amide bonds. The van der Waals surface area contributed by atoms with Crippen LogP contribution >= 0.6 is 0 Å².